The smallest absolute Gasteiger partial charge is 0.269 e. The van der Waals surface area contributed by atoms with Crippen molar-refractivity contribution in [3.05, 3.63) is 58.3 Å². The van der Waals surface area contributed by atoms with Crippen LogP contribution in [0.2, 0.25) is 0 Å². The number of hydrogen-bond acceptors (Lipinski definition) is 5. The summed E-state index contributed by atoms with van der Waals surface area (Å²) >= 11 is 1.51. The number of nitrogens with one attached hydrogen (secondary N) is 1. The van der Waals surface area contributed by atoms with E-state index in [1.165, 1.54) is 23.9 Å². The van der Waals surface area contributed by atoms with Gasteiger partial charge in [-0.25, -0.2) is 4.98 Å². The summed E-state index contributed by atoms with van der Waals surface area (Å²) in [7, 11) is 0. The van der Waals surface area contributed by atoms with E-state index in [4.69, 9.17) is 0 Å². The third-order valence-electron chi connectivity index (χ3n) is 2.68. The summed E-state index contributed by atoms with van der Waals surface area (Å²) in [6, 6.07) is 10.4. The third-order valence-corrected chi connectivity index (χ3v) is 3.75. The summed E-state index contributed by atoms with van der Waals surface area (Å²) in [4.78, 5) is 15.5. The summed E-state index contributed by atoms with van der Waals surface area (Å²) in [5.41, 5.74) is 1.22. The summed E-state index contributed by atoms with van der Waals surface area (Å²) < 4.78 is 0. The van der Waals surface area contributed by atoms with E-state index >= 15 is 0 Å². The third kappa shape index (κ3) is 3.79. The predicted octanol–water partition coefficient (Wildman–Crippen LogP) is 3.25. The molecule has 0 unspecified atom stereocenters. The van der Waals surface area contributed by atoms with Gasteiger partial charge in [-0.15, -0.1) is 0 Å². The standard InChI is InChI=1S/C14H15N3O2S/c1-2-15-10-11-4-3-9-16-14(11)20-13-7-5-12(6-8-13)17(18)19/h3-9,15H,2,10H2,1H3. The molecule has 5 nitrogen and oxygen atoms in total. The average Bonchev–Trinajstić information content (AvgIpc) is 2.47. The van der Waals surface area contributed by atoms with Gasteiger partial charge in [-0.1, -0.05) is 24.8 Å². The molecule has 1 aromatic carbocycles. The van der Waals surface area contributed by atoms with Crippen LogP contribution in [0.25, 0.3) is 0 Å². The number of aromatic nitrogens is 1. The SMILES string of the molecule is CCNCc1cccnc1Sc1ccc([N+](=O)[O-])cc1. The molecule has 0 fully saturated rings. The van der Waals surface area contributed by atoms with Crippen molar-refractivity contribution < 1.29 is 4.92 Å². The molecule has 20 heavy (non-hydrogen) atoms. The number of nitrogens with zero attached hydrogens (tertiary/aromatic N) is 2. The number of rotatable bonds is 6. The van der Waals surface area contributed by atoms with E-state index in [-0.39, 0.29) is 5.69 Å². The van der Waals surface area contributed by atoms with Crippen molar-refractivity contribution in [2.24, 2.45) is 0 Å². The van der Waals surface area contributed by atoms with Crippen LogP contribution in [-0.2, 0) is 6.54 Å². The molecule has 0 saturated heterocycles. The first-order chi connectivity index (χ1) is 9.70. The van der Waals surface area contributed by atoms with Crippen LogP contribution in [0.4, 0.5) is 5.69 Å². The second-order valence-electron chi connectivity index (χ2n) is 4.10. The summed E-state index contributed by atoms with van der Waals surface area (Å²) in [5, 5.41) is 14.8. The van der Waals surface area contributed by atoms with E-state index in [0.717, 1.165) is 28.6 Å². The van der Waals surface area contributed by atoms with Gasteiger partial charge >= 0.3 is 0 Å². The Kier molecular flexibility index (Phi) is 5.09. The van der Waals surface area contributed by atoms with Crippen LogP contribution in [0, 0.1) is 10.1 Å². The van der Waals surface area contributed by atoms with Crippen LogP contribution >= 0.6 is 11.8 Å². The maximum atomic E-state index is 10.6. The molecular formula is C14H15N3O2S. The minimum atomic E-state index is -0.397. The van der Waals surface area contributed by atoms with Crippen LogP contribution in [0.1, 0.15) is 12.5 Å². The molecule has 104 valence electrons. The Morgan fingerprint density at radius 1 is 1.30 bits per heavy atom. The van der Waals surface area contributed by atoms with Crippen molar-refractivity contribution in [1.29, 1.82) is 0 Å². The summed E-state index contributed by atoms with van der Waals surface area (Å²) in [5.74, 6) is 0. The lowest BCUT2D eigenvalue weighted by molar-refractivity contribution is -0.384. The Bertz CT molecular complexity index is 587. The van der Waals surface area contributed by atoms with Crippen LogP contribution in [0.3, 0.4) is 0 Å². The molecule has 2 rings (SSSR count). The van der Waals surface area contributed by atoms with Crippen LogP contribution in [0.5, 0.6) is 0 Å². The zero-order valence-corrected chi connectivity index (χ0v) is 11.9. The second kappa shape index (κ2) is 7.02. The molecule has 1 aromatic heterocycles. The van der Waals surface area contributed by atoms with Gasteiger partial charge < -0.3 is 5.32 Å². The van der Waals surface area contributed by atoms with Gasteiger partial charge in [-0.05, 0) is 30.3 Å². The molecule has 1 N–H and O–H groups in total. The number of benzene rings is 1. The van der Waals surface area contributed by atoms with Crippen LogP contribution in [-0.4, -0.2) is 16.5 Å². The highest BCUT2D eigenvalue weighted by molar-refractivity contribution is 7.99. The number of hydrogen-bond donors (Lipinski definition) is 1. The van der Waals surface area contributed by atoms with Crippen molar-refractivity contribution in [3.8, 4) is 0 Å². The van der Waals surface area contributed by atoms with Crippen LogP contribution < -0.4 is 5.32 Å². The van der Waals surface area contributed by atoms with E-state index in [1.54, 1.807) is 18.3 Å². The Labute approximate surface area is 121 Å². The molecule has 0 aliphatic heterocycles. The van der Waals surface area contributed by atoms with Crippen LogP contribution in [0.15, 0.2) is 52.5 Å². The molecule has 0 radical (unpaired) electrons. The van der Waals surface area contributed by atoms with Crippen molar-refractivity contribution in [2.75, 3.05) is 6.54 Å². The first kappa shape index (κ1) is 14.5. The average molecular weight is 289 g/mol. The molecule has 0 bridgehead atoms. The maximum absolute atomic E-state index is 10.6. The highest BCUT2D eigenvalue weighted by atomic mass is 32.2. The first-order valence-corrected chi connectivity index (χ1v) is 7.09. The molecule has 0 amide bonds. The molecule has 1 heterocycles. The quantitative estimate of drug-likeness (QED) is 0.653. The van der Waals surface area contributed by atoms with Gasteiger partial charge in [0.2, 0.25) is 0 Å². The Morgan fingerprint density at radius 2 is 2.05 bits per heavy atom. The molecular weight excluding hydrogens is 274 g/mol. The summed E-state index contributed by atoms with van der Waals surface area (Å²) in [6.45, 7) is 3.72. The lowest BCUT2D eigenvalue weighted by Gasteiger charge is -2.08. The normalized spacial score (nSPS) is 10.4. The molecule has 0 spiro atoms. The fourth-order valence-corrected chi connectivity index (χ4v) is 2.54. The van der Waals surface area contributed by atoms with E-state index in [2.05, 4.69) is 17.2 Å². The minimum absolute atomic E-state index is 0.100. The van der Waals surface area contributed by atoms with Gasteiger partial charge in [0.1, 0.15) is 5.03 Å². The Balaban J connectivity index is 2.14. The van der Waals surface area contributed by atoms with Gasteiger partial charge in [0, 0.05) is 29.8 Å². The van der Waals surface area contributed by atoms with Gasteiger partial charge in [-0.3, -0.25) is 10.1 Å². The molecule has 0 aliphatic rings. The zero-order valence-electron chi connectivity index (χ0n) is 11.1. The maximum Gasteiger partial charge on any atom is 0.269 e. The zero-order chi connectivity index (χ0) is 14.4. The van der Waals surface area contributed by atoms with E-state index in [1.807, 2.05) is 12.1 Å². The van der Waals surface area contributed by atoms with Crippen molar-refractivity contribution in [1.82, 2.24) is 10.3 Å². The van der Waals surface area contributed by atoms with Gasteiger partial charge in [0.15, 0.2) is 0 Å². The predicted molar refractivity (Wildman–Crippen MR) is 78.8 cm³/mol. The van der Waals surface area contributed by atoms with Crippen molar-refractivity contribution in [3.63, 3.8) is 0 Å². The Hall–Kier alpha value is -1.92. The van der Waals surface area contributed by atoms with E-state index < -0.39 is 4.92 Å². The molecule has 0 atom stereocenters. The number of pyridine rings is 1. The number of non-ortho nitro benzene ring substituents is 1. The summed E-state index contributed by atoms with van der Waals surface area (Å²) in [6.07, 6.45) is 1.75. The fourth-order valence-electron chi connectivity index (χ4n) is 1.66. The van der Waals surface area contributed by atoms with Gasteiger partial charge in [-0.2, -0.15) is 0 Å². The van der Waals surface area contributed by atoms with E-state index in [9.17, 15) is 10.1 Å². The van der Waals surface area contributed by atoms with Crippen molar-refractivity contribution in [2.45, 2.75) is 23.4 Å². The van der Waals surface area contributed by atoms with Gasteiger partial charge in [0.05, 0.1) is 4.92 Å². The minimum Gasteiger partial charge on any atom is -0.313 e. The molecule has 6 heteroatoms. The molecule has 0 saturated carbocycles. The highest BCUT2D eigenvalue weighted by Crippen LogP contribution is 2.29. The highest BCUT2D eigenvalue weighted by Gasteiger charge is 2.08. The molecule has 0 aliphatic carbocycles. The lowest BCUT2D eigenvalue weighted by atomic mass is 10.3. The van der Waals surface area contributed by atoms with Crippen molar-refractivity contribution >= 4 is 17.4 Å². The van der Waals surface area contributed by atoms with Gasteiger partial charge in [0.25, 0.3) is 5.69 Å². The number of nitro groups is 1. The number of nitro benzene ring substituents is 1. The Morgan fingerprint density at radius 3 is 2.70 bits per heavy atom. The molecule has 2 aromatic rings. The first-order valence-electron chi connectivity index (χ1n) is 6.27. The second-order valence-corrected chi connectivity index (χ2v) is 5.16. The fraction of sp³-hybridized carbons (Fsp3) is 0.214. The lowest BCUT2D eigenvalue weighted by Crippen LogP contribution is -2.12. The largest absolute Gasteiger partial charge is 0.313 e. The topological polar surface area (TPSA) is 68.1 Å². The van der Waals surface area contributed by atoms with E-state index in [0.29, 0.717) is 0 Å². The monoisotopic (exact) mass is 289 g/mol.